The van der Waals surface area contributed by atoms with Gasteiger partial charge in [-0.15, -0.1) is 0 Å². The first-order valence-electron chi connectivity index (χ1n) is 16.1. The molecular weight excluding hydrogens is 527 g/mol. The number of rotatable bonds is 5. The minimum atomic E-state index is -0.993. The molecule has 1 heterocycles. The molecule has 5 aliphatic carbocycles. The highest BCUT2D eigenvalue weighted by molar-refractivity contribution is 6.51. The van der Waals surface area contributed by atoms with Gasteiger partial charge in [0.15, 0.2) is 0 Å². The van der Waals surface area contributed by atoms with Gasteiger partial charge in [-0.3, -0.25) is 0 Å². The topological polar surface area (TPSA) is 42.6 Å². The van der Waals surface area contributed by atoms with E-state index in [2.05, 4.69) is 72.8 Å². The highest BCUT2D eigenvalue weighted by Crippen LogP contribution is 2.73. The maximum Gasteiger partial charge on any atom is 0.334 e. The minimum Gasteiger partial charge on any atom is -0.457 e. The first-order valence-corrected chi connectivity index (χ1v) is 16.1. The van der Waals surface area contributed by atoms with Crippen molar-refractivity contribution in [1.82, 2.24) is 0 Å². The summed E-state index contributed by atoms with van der Waals surface area (Å²) in [5, 5.41) is 12.7. The summed E-state index contributed by atoms with van der Waals surface area (Å²) in [6.45, 7) is 7.34. The molecule has 0 aliphatic heterocycles. The summed E-state index contributed by atoms with van der Waals surface area (Å²) in [6.07, 6.45) is 5.66. The van der Waals surface area contributed by atoms with Crippen LogP contribution in [0.15, 0.2) is 83.3 Å². The molecule has 4 fully saturated rings. The molecule has 1 spiro atoms. The van der Waals surface area contributed by atoms with E-state index < -0.39 is 11.2 Å². The predicted octanol–water partition coefficient (Wildman–Crippen LogP) is 8.40. The van der Waals surface area contributed by atoms with Gasteiger partial charge in [-0.1, -0.05) is 60.7 Å². The van der Waals surface area contributed by atoms with Gasteiger partial charge in [-0.2, -0.15) is 0 Å². The van der Waals surface area contributed by atoms with Crippen LogP contribution >= 0.6 is 0 Å². The van der Waals surface area contributed by atoms with Gasteiger partial charge in [-0.05, 0) is 134 Å². The highest BCUT2D eigenvalue weighted by atomic mass is 16.5. The van der Waals surface area contributed by atoms with Gasteiger partial charge in [0, 0.05) is 16.2 Å². The molecule has 0 amide bonds. The summed E-state index contributed by atoms with van der Waals surface area (Å²) in [7, 11) is 1.73. The van der Waals surface area contributed by atoms with Crippen molar-refractivity contribution in [3.8, 4) is 22.3 Å². The van der Waals surface area contributed by atoms with Crippen LogP contribution in [0.4, 0.5) is 0 Å². The fraction of sp³-hybridized carbons (Fsp3) is 0.385. The summed E-state index contributed by atoms with van der Waals surface area (Å²) in [5.41, 5.74) is 9.63. The Hall–Kier alpha value is -3.34. The number of fused-ring (bicyclic) bond motifs is 6. The zero-order valence-electron chi connectivity index (χ0n) is 25.5. The Morgan fingerprint density at radius 1 is 0.791 bits per heavy atom. The van der Waals surface area contributed by atoms with Crippen LogP contribution in [0.5, 0.6) is 0 Å². The largest absolute Gasteiger partial charge is 0.457 e. The predicted molar refractivity (Wildman–Crippen MR) is 175 cm³/mol. The number of benzene rings is 4. The van der Waals surface area contributed by atoms with E-state index in [4.69, 9.17) is 9.07 Å². The lowest BCUT2D eigenvalue weighted by Crippen LogP contribution is -2.49. The third kappa shape index (κ3) is 3.45. The molecule has 10 rings (SSSR count). The van der Waals surface area contributed by atoms with Crippen molar-refractivity contribution in [2.75, 3.05) is 0 Å². The first-order chi connectivity index (χ1) is 20.6. The van der Waals surface area contributed by atoms with Crippen LogP contribution in [0.2, 0.25) is 0 Å². The molecule has 4 bridgehead atoms. The third-order valence-corrected chi connectivity index (χ3v) is 12.2. The Kier molecular flexibility index (Phi) is 5.25. The summed E-state index contributed by atoms with van der Waals surface area (Å²) < 4.78 is 12.5. The number of para-hydroxylation sites is 1. The second-order valence-electron chi connectivity index (χ2n) is 14.9. The molecule has 5 unspecified atom stereocenters. The molecule has 4 aromatic carbocycles. The van der Waals surface area contributed by atoms with Gasteiger partial charge in [-0.25, -0.2) is 0 Å². The standard InChI is InChI=1S/C39H38BO3/c1-37(2,41)38(3,4)43-40-34-11-7-9-29-30-20-23(13-15-35(30)42-36(29)34)24-12-14-28-27-8-5-6-10-31(27)39(33(28)21-24)26-17-22-16-25(19-26)32(39)18-22/h5-15,20-22,25-26,32,41H,16-19H2,1-4H3. The quantitative estimate of drug-likeness (QED) is 0.218. The molecular formula is C39H38BO3. The second kappa shape index (κ2) is 8.64. The Morgan fingerprint density at radius 2 is 1.58 bits per heavy atom. The van der Waals surface area contributed by atoms with Gasteiger partial charge in [0.1, 0.15) is 11.2 Å². The van der Waals surface area contributed by atoms with E-state index in [1.165, 1.54) is 47.9 Å². The van der Waals surface area contributed by atoms with E-state index in [0.717, 1.165) is 51.1 Å². The number of aliphatic hydroxyl groups is 1. The molecule has 215 valence electrons. The zero-order chi connectivity index (χ0) is 29.3. The summed E-state index contributed by atoms with van der Waals surface area (Å²) in [5.74, 6) is 3.40. The monoisotopic (exact) mass is 565 g/mol. The zero-order valence-corrected chi connectivity index (χ0v) is 25.5. The summed E-state index contributed by atoms with van der Waals surface area (Å²) in [4.78, 5) is 0. The van der Waals surface area contributed by atoms with Crippen molar-refractivity contribution in [2.24, 2.45) is 23.7 Å². The van der Waals surface area contributed by atoms with Crippen LogP contribution in [0.1, 0.15) is 64.5 Å². The van der Waals surface area contributed by atoms with Gasteiger partial charge in [0.2, 0.25) is 0 Å². The average molecular weight is 566 g/mol. The van der Waals surface area contributed by atoms with Crippen molar-refractivity contribution < 1.29 is 14.2 Å². The fourth-order valence-electron chi connectivity index (χ4n) is 9.60. The van der Waals surface area contributed by atoms with Crippen molar-refractivity contribution in [3.63, 3.8) is 0 Å². The number of hydrogen-bond acceptors (Lipinski definition) is 3. The molecule has 1 aromatic heterocycles. The molecule has 4 saturated carbocycles. The van der Waals surface area contributed by atoms with E-state index in [-0.39, 0.29) is 5.41 Å². The normalized spacial score (nSPS) is 27.0. The van der Waals surface area contributed by atoms with Crippen molar-refractivity contribution in [2.45, 2.75) is 70.0 Å². The van der Waals surface area contributed by atoms with E-state index in [9.17, 15) is 5.11 Å². The molecule has 5 atom stereocenters. The van der Waals surface area contributed by atoms with Crippen molar-refractivity contribution in [3.05, 3.63) is 90.0 Å². The minimum absolute atomic E-state index is 0.188. The molecule has 43 heavy (non-hydrogen) atoms. The smallest absolute Gasteiger partial charge is 0.334 e. The Labute approximate surface area is 254 Å². The van der Waals surface area contributed by atoms with E-state index >= 15 is 0 Å². The molecule has 3 nitrogen and oxygen atoms in total. The van der Waals surface area contributed by atoms with Crippen LogP contribution in [0.3, 0.4) is 0 Å². The van der Waals surface area contributed by atoms with Gasteiger partial charge in [0.05, 0.1) is 11.2 Å². The first kappa shape index (κ1) is 26.1. The lowest BCUT2D eigenvalue weighted by molar-refractivity contribution is -0.0893. The van der Waals surface area contributed by atoms with Crippen LogP contribution in [-0.2, 0) is 10.1 Å². The molecule has 4 heteroatoms. The van der Waals surface area contributed by atoms with Gasteiger partial charge < -0.3 is 14.2 Å². The average Bonchev–Trinajstić information content (AvgIpc) is 3.67. The lowest BCUT2D eigenvalue weighted by Gasteiger charge is -2.44. The van der Waals surface area contributed by atoms with Crippen LogP contribution < -0.4 is 5.46 Å². The Morgan fingerprint density at radius 3 is 2.42 bits per heavy atom. The van der Waals surface area contributed by atoms with E-state index in [1.54, 1.807) is 32.5 Å². The van der Waals surface area contributed by atoms with E-state index in [0.29, 0.717) is 0 Å². The lowest BCUT2D eigenvalue weighted by atomic mass is 9.59. The maximum atomic E-state index is 10.6. The van der Waals surface area contributed by atoms with Gasteiger partial charge in [0.25, 0.3) is 0 Å². The fourth-order valence-corrected chi connectivity index (χ4v) is 9.60. The van der Waals surface area contributed by atoms with Crippen molar-refractivity contribution in [1.29, 1.82) is 0 Å². The van der Waals surface area contributed by atoms with E-state index in [1.807, 2.05) is 19.9 Å². The maximum absolute atomic E-state index is 10.6. The molecule has 5 aromatic rings. The summed E-state index contributed by atoms with van der Waals surface area (Å²) >= 11 is 0. The molecule has 0 saturated heterocycles. The SMILES string of the molecule is CC(C)(O)C(C)(C)O[B]c1cccc2c1oc1ccc(-c3ccc4c(c3)C3(c5ccccc5-4)C4CC5CC(C4)C3C5)cc12. The van der Waals surface area contributed by atoms with Crippen LogP contribution in [0.25, 0.3) is 44.2 Å². The highest BCUT2D eigenvalue weighted by Gasteiger charge is 2.65. The summed E-state index contributed by atoms with van der Waals surface area (Å²) in [6, 6.07) is 29.4. The second-order valence-corrected chi connectivity index (χ2v) is 14.9. The Bertz CT molecular complexity index is 1940. The van der Waals surface area contributed by atoms with Crippen LogP contribution in [0, 0.1) is 23.7 Å². The van der Waals surface area contributed by atoms with Crippen molar-refractivity contribution >= 4 is 34.9 Å². The number of hydrogen-bond donors (Lipinski definition) is 1. The molecule has 1 N–H and O–H groups in total. The molecule has 5 aliphatic rings. The Balaban J connectivity index is 1.14. The molecule has 1 radical (unpaired) electrons. The van der Waals surface area contributed by atoms with Gasteiger partial charge >= 0.3 is 7.48 Å². The third-order valence-electron chi connectivity index (χ3n) is 12.2. The number of furan rings is 1. The van der Waals surface area contributed by atoms with Crippen LogP contribution in [-0.4, -0.2) is 23.8 Å².